The highest BCUT2D eigenvalue weighted by atomic mass is 16.4. The lowest BCUT2D eigenvalue weighted by Gasteiger charge is -2.32. The van der Waals surface area contributed by atoms with E-state index in [-0.39, 0.29) is 6.54 Å². The molecule has 0 bridgehead atoms. The van der Waals surface area contributed by atoms with Crippen molar-refractivity contribution in [1.82, 2.24) is 15.5 Å². The molecule has 2 atom stereocenters. The Bertz CT molecular complexity index is 396. The minimum absolute atomic E-state index is 0.351. The minimum atomic E-state index is -1.48. The second kappa shape index (κ2) is 5.45. The standard InChI is InChI=1S/C9H13N3O6/c1-4-7(15)11-6(14)2-12(4)9(18)10-5(3-13)8(16)17/h4-5,13H,2-3H2,1H3,(H,10,18)(H,16,17)(H,11,14,15). The number of hydrogen-bond donors (Lipinski definition) is 4. The van der Waals surface area contributed by atoms with E-state index in [0.717, 1.165) is 4.90 Å². The van der Waals surface area contributed by atoms with Gasteiger partial charge in [0.25, 0.3) is 0 Å². The predicted octanol–water partition coefficient (Wildman–Crippen LogP) is -2.51. The molecule has 9 heteroatoms. The van der Waals surface area contributed by atoms with Gasteiger partial charge in [0.05, 0.1) is 6.61 Å². The summed E-state index contributed by atoms with van der Waals surface area (Å²) in [5.41, 5.74) is 0. The summed E-state index contributed by atoms with van der Waals surface area (Å²) >= 11 is 0. The van der Waals surface area contributed by atoms with Crippen molar-refractivity contribution in [2.75, 3.05) is 13.2 Å². The maximum absolute atomic E-state index is 11.7. The average Bonchev–Trinajstić information content (AvgIpc) is 2.29. The van der Waals surface area contributed by atoms with Crippen LogP contribution in [0.5, 0.6) is 0 Å². The summed E-state index contributed by atoms with van der Waals surface area (Å²) in [4.78, 5) is 45.6. The van der Waals surface area contributed by atoms with E-state index in [0.29, 0.717) is 0 Å². The van der Waals surface area contributed by atoms with Crippen LogP contribution in [0.15, 0.2) is 0 Å². The summed E-state index contributed by atoms with van der Waals surface area (Å²) in [7, 11) is 0. The number of aliphatic carboxylic acids is 1. The van der Waals surface area contributed by atoms with Gasteiger partial charge in [-0.2, -0.15) is 0 Å². The number of carbonyl (C=O) groups is 4. The summed E-state index contributed by atoms with van der Waals surface area (Å²) in [6.07, 6.45) is 0. The van der Waals surface area contributed by atoms with Gasteiger partial charge in [0.2, 0.25) is 11.8 Å². The molecule has 1 saturated heterocycles. The molecule has 0 aliphatic carbocycles. The Morgan fingerprint density at radius 2 is 2.17 bits per heavy atom. The molecular formula is C9H13N3O6. The molecule has 4 amide bonds. The summed E-state index contributed by atoms with van der Waals surface area (Å²) < 4.78 is 0. The smallest absolute Gasteiger partial charge is 0.328 e. The van der Waals surface area contributed by atoms with Gasteiger partial charge in [-0.1, -0.05) is 0 Å². The third-order valence-electron chi connectivity index (χ3n) is 2.46. The molecule has 2 unspecified atom stereocenters. The molecule has 9 nitrogen and oxygen atoms in total. The maximum Gasteiger partial charge on any atom is 0.328 e. The fourth-order valence-electron chi connectivity index (χ4n) is 1.38. The van der Waals surface area contributed by atoms with Crippen LogP contribution in [0.4, 0.5) is 4.79 Å². The first kappa shape index (κ1) is 13.9. The summed E-state index contributed by atoms with van der Waals surface area (Å²) in [5.74, 6) is -2.70. The topological polar surface area (TPSA) is 136 Å². The first-order valence-corrected chi connectivity index (χ1v) is 5.11. The van der Waals surface area contributed by atoms with Gasteiger partial charge < -0.3 is 20.4 Å². The van der Waals surface area contributed by atoms with Crippen molar-refractivity contribution in [3.63, 3.8) is 0 Å². The Hall–Kier alpha value is -2.16. The number of carboxylic acid groups (broad SMARTS) is 1. The van der Waals surface area contributed by atoms with E-state index in [9.17, 15) is 19.2 Å². The molecule has 18 heavy (non-hydrogen) atoms. The first-order valence-electron chi connectivity index (χ1n) is 5.11. The number of nitrogens with one attached hydrogen (secondary N) is 2. The number of aliphatic hydroxyl groups excluding tert-OH is 1. The highest BCUT2D eigenvalue weighted by Crippen LogP contribution is 2.05. The number of piperazine rings is 1. The molecular weight excluding hydrogens is 246 g/mol. The number of urea groups is 1. The fourth-order valence-corrected chi connectivity index (χ4v) is 1.38. The summed E-state index contributed by atoms with van der Waals surface area (Å²) in [5, 5.41) is 21.5. The number of amides is 4. The second-order valence-corrected chi connectivity index (χ2v) is 3.74. The van der Waals surface area contributed by atoms with Gasteiger partial charge in [-0.15, -0.1) is 0 Å². The lowest BCUT2D eigenvalue weighted by atomic mass is 10.2. The van der Waals surface area contributed by atoms with Crippen LogP contribution in [-0.4, -0.2) is 64.2 Å². The van der Waals surface area contributed by atoms with Crippen molar-refractivity contribution in [3.8, 4) is 0 Å². The Morgan fingerprint density at radius 3 is 2.67 bits per heavy atom. The van der Waals surface area contributed by atoms with Crippen molar-refractivity contribution in [1.29, 1.82) is 0 Å². The Balaban J connectivity index is 2.73. The number of hydrogen-bond acceptors (Lipinski definition) is 5. The van der Waals surface area contributed by atoms with Crippen LogP contribution in [0, 0.1) is 0 Å². The summed E-state index contributed by atoms with van der Waals surface area (Å²) in [6.45, 7) is 0.260. The molecule has 1 aliphatic heterocycles. The van der Waals surface area contributed by atoms with Crippen LogP contribution in [-0.2, 0) is 14.4 Å². The molecule has 1 heterocycles. The van der Waals surface area contributed by atoms with E-state index in [1.165, 1.54) is 6.92 Å². The van der Waals surface area contributed by atoms with Gasteiger partial charge >= 0.3 is 12.0 Å². The molecule has 0 aromatic rings. The van der Waals surface area contributed by atoms with Crippen molar-refractivity contribution in [3.05, 3.63) is 0 Å². The molecule has 4 N–H and O–H groups in total. The van der Waals surface area contributed by atoms with Crippen molar-refractivity contribution in [2.45, 2.75) is 19.0 Å². The van der Waals surface area contributed by atoms with Gasteiger partial charge in [0.15, 0.2) is 6.04 Å². The maximum atomic E-state index is 11.7. The van der Waals surface area contributed by atoms with E-state index < -0.39 is 42.5 Å². The molecule has 0 spiro atoms. The van der Waals surface area contributed by atoms with E-state index >= 15 is 0 Å². The zero-order chi connectivity index (χ0) is 13.9. The molecule has 1 aliphatic rings. The van der Waals surface area contributed by atoms with Crippen LogP contribution in [0.2, 0.25) is 0 Å². The van der Waals surface area contributed by atoms with Crippen molar-refractivity contribution >= 4 is 23.8 Å². The average molecular weight is 259 g/mol. The van der Waals surface area contributed by atoms with Crippen LogP contribution in [0.3, 0.4) is 0 Å². The Labute approximate surface area is 102 Å². The van der Waals surface area contributed by atoms with E-state index in [4.69, 9.17) is 10.2 Å². The second-order valence-electron chi connectivity index (χ2n) is 3.74. The normalized spacial score (nSPS) is 21.2. The van der Waals surface area contributed by atoms with Crippen molar-refractivity contribution in [2.24, 2.45) is 0 Å². The Morgan fingerprint density at radius 1 is 1.56 bits per heavy atom. The third-order valence-corrected chi connectivity index (χ3v) is 2.46. The zero-order valence-electron chi connectivity index (χ0n) is 9.54. The van der Waals surface area contributed by atoms with Gasteiger partial charge in [-0.3, -0.25) is 14.9 Å². The van der Waals surface area contributed by atoms with Gasteiger partial charge in [-0.25, -0.2) is 9.59 Å². The molecule has 0 aromatic heterocycles. The first-order chi connectivity index (χ1) is 8.36. The Kier molecular flexibility index (Phi) is 4.21. The molecule has 0 aromatic carbocycles. The van der Waals surface area contributed by atoms with E-state index in [1.54, 1.807) is 0 Å². The number of nitrogens with zero attached hydrogens (tertiary/aromatic N) is 1. The van der Waals surface area contributed by atoms with E-state index in [2.05, 4.69) is 0 Å². The van der Waals surface area contributed by atoms with Crippen molar-refractivity contribution < 1.29 is 29.4 Å². The SMILES string of the molecule is CC1C(=O)NC(=O)CN1C(=O)NC(CO)C(=O)O. The largest absolute Gasteiger partial charge is 0.480 e. The number of aliphatic hydroxyl groups is 1. The molecule has 100 valence electrons. The van der Waals surface area contributed by atoms with Crippen LogP contribution in [0.1, 0.15) is 6.92 Å². The quantitative estimate of drug-likeness (QED) is 0.413. The number of carbonyl (C=O) groups excluding carboxylic acids is 3. The van der Waals surface area contributed by atoms with Gasteiger partial charge in [0, 0.05) is 0 Å². The fraction of sp³-hybridized carbons (Fsp3) is 0.556. The lowest BCUT2D eigenvalue weighted by molar-refractivity contribution is -0.140. The van der Waals surface area contributed by atoms with E-state index in [1.807, 2.05) is 10.6 Å². The zero-order valence-corrected chi connectivity index (χ0v) is 9.54. The van der Waals surface area contributed by atoms with Crippen LogP contribution >= 0.6 is 0 Å². The van der Waals surface area contributed by atoms with Gasteiger partial charge in [-0.05, 0) is 6.92 Å². The monoisotopic (exact) mass is 259 g/mol. The highest BCUT2D eigenvalue weighted by Gasteiger charge is 2.34. The summed E-state index contributed by atoms with van der Waals surface area (Å²) in [6, 6.07) is -3.27. The molecule has 1 rings (SSSR count). The highest BCUT2D eigenvalue weighted by molar-refractivity contribution is 6.04. The van der Waals surface area contributed by atoms with Gasteiger partial charge in [0.1, 0.15) is 12.6 Å². The lowest BCUT2D eigenvalue weighted by Crippen LogP contribution is -2.62. The van der Waals surface area contributed by atoms with Crippen LogP contribution in [0.25, 0.3) is 0 Å². The molecule has 0 radical (unpaired) electrons. The molecule has 1 fully saturated rings. The van der Waals surface area contributed by atoms with Crippen LogP contribution < -0.4 is 10.6 Å². The number of carboxylic acids is 1. The minimum Gasteiger partial charge on any atom is -0.480 e. The molecule has 0 saturated carbocycles. The number of imide groups is 1. The number of rotatable bonds is 3. The third kappa shape index (κ3) is 2.94. The predicted molar refractivity (Wildman–Crippen MR) is 56.4 cm³/mol.